The van der Waals surface area contributed by atoms with Crippen molar-refractivity contribution in [2.24, 2.45) is 0 Å². The quantitative estimate of drug-likeness (QED) is 0.458. The van der Waals surface area contributed by atoms with Crippen molar-refractivity contribution < 1.29 is 23.9 Å². The highest BCUT2D eigenvalue weighted by molar-refractivity contribution is 7.46. The van der Waals surface area contributed by atoms with E-state index in [-0.39, 0.29) is 0 Å². The van der Waals surface area contributed by atoms with Crippen LogP contribution in [0.25, 0.3) is 0 Å². The molecule has 1 aromatic rings. The molecular weight excluding hydrogens is 219 g/mol. The minimum Gasteiger partial charge on any atom is -0.301 e. The van der Waals surface area contributed by atoms with Crippen LogP contribution in [0.5, 0.6) is 0 Å². The highest BCUT2D eigenvalue weighted by Crippen LogP contribution is 2.36. The summed E-state index contributed by atoms with van der Waals surface area (Å²) in [6.45, 7) is 1.67. The molecule has 0 aliphatic heterocycles. The zero-order valence-corrected chi connectivity index (χ0v) is 9.13. The monoisotopic (exact) mass is 232 g/mol. The van der Waals surface area contributed by atoms with E-state index in [9.17, 15) is 4.57 Å². The predicted molar refractivity (Wildman–Crippen MR) is 53.8 cm³/mol. The molecule has 84 valence electrons. The molecule has 0 aliphatic carbocycles. The van der Waals surface area contributed by atoms with Gasteiger partial charge in [-0.1, -0.05) is 30.3 Å². The number of phosphoric acid groups is 1. The number of hydrogen-bond acceptors (Lipinski definition) is 3. The second-order valence-corrected chi connectivity index (χ2v) is 4.29. The number of benzene rings is 1. The second kappa shape index (κ2) is 5.39. The van der Waals surface area contributed by atoms with Crippen LogP contribution in [0.4, 0.5) is 0 Å². The fraction of sp³-hybridized carbons (Fsp3) is 0.333. The Kier molecular flexibility index (Phi) is 4.45. The lowest BCUT2D eigenvalue weighted by Crippen LogP contribution is -2.11. The highest BCUT2D eigenvalue weighted by atomic mass is 31.2. The molecule has 1 aromatic carbocycles. The van der Waals surface area contributed by atoms with Gasteiger partial charge in [-0.05, 0) is 12.5 Å². The zero-order chi connectivity index (χ0) is 11.3. The maximum atomic E-state index is 10.3. The fourth-order valence-corrected chi connectivity index (χ4v) is 1.37. The lowest BCUT2D eigenvalue weighted by atomic mass is 10.1. The van der Waals surface area contributed by atoms with Crippen LogP contribution in [0.15, 0.2) is 30.3 Å². The van der Waals surface area contributed by atoms with E-state index < -0.39 is 13.9 Å². The minimum atomic E-state index is -4.55. The summed E-state index contributed by atoms with van der Waals surface area (Å²) in [6, 6.07) is 9.45. The lowest BCUT2D eigenvalue weighted by Gasteiger charge is -2.11. The van der Waals surface area contributed by atoms with E-state index in [1.165, 1.54) is 0 Å². The van der Waals surface area contributed by atoms with Gasteiger partial charge >= 0.3 is 7.82 Å². The van der Waals surface area contributed by atoms with Crippen molar-refractivity contribution in [2.75, 3.05) is 0 Å². The molecule has 0 aliphatic rings. The van der Waals surface area contributed by atoms with Gasteiger partial charge in [0.15, 0.2) is 0 Å². The predicted octanol–water partition coefficient (Wildman–Crippen LogP) is 1.66. The van der Waals surface area contributed by atoms with E-state index in [0.717, 1.165) is 5.56 Å². The fourth-order valence-electron chi connectivity index (χ4n) is 1.11. The maximum Gasteiger partial charge on any atom is 0.496 e. The van der Waals surface area contributed by atoms with Crippen LogP contribution in [-0.4, -0.2) is 15.9 Å². The van der Waals surface area contributed by atoms with Crippen molar-refractivity contribution >= 4 is 7.82 Å². The van der Waals surface area contributed by atoms with E-state index in [0.29, 0.717) is 6.42 Å². The molecule has 5 nitrogen and oxygen atoms in total. The van der Waals surface area contributed by atoms with Gasteiger partial charge in [-0.15, -0.1) is 4.67 Å². The van der Waals surface area contributed by atoms with E-state index in [1.54, 1.807) is 6.92 Å². The number of hydrogen-bond donors (Lipinski definition) is 2. The molecule has 0 bridgehead atoms. The Balaban J connectivity index is 2.37. The molecule has 0 heterocycles. The third-order valence-corrected chi connectivity index (χ3v) is 1.95. The topological polar surface area (TPSA) is 76.0 Å². The van der Waals surface area contributed by atoms with Crippen LogP contribution >= 0.6 is 7.82 Å². The van der Waals surface area contributed by atoms with Gasteiger partial charge in [-0.2, -0.15) is 0 Å². The average Bonchev–Trinajstić information content (AvgIpc) is 2.15. The van der Waals surface area contributed by atoms with Gasteiger partial charge < -0.3 is 9.79 Å². The molecule has 2 N–H and O–H groups in total. The van der Waals surface area contributed by atoms with E-state index in [4.69, 9.17) is 9.79 Å². The summed E-state index contributed by atoms with van der Waals surface area (Å²) in [4.78, 5) is 21.3. The van der Waals surface area contributed by atoms with Crippen LogP contribution in [-0.2, 0) is 20.5 Å². The van der Waals surface area contributed by atoms with E-state index in [2.05, 4.69) is 9.56 Å². The Morgan fingerprint density at radius 3 is 2.47 bits per heavy atom. The van der Waals surface area contributed by atoms with Crippen LogP contribution < -0.4 is 0 Å². The van der Waals surface area contributed by atoms with Gasteiger partial charge in [0.25, 0.3) is 0 Å². The molecule has 1 rings (SSSR count). The SMILES string of the molecule is CC(Cc1ccccc1)OOP(=O)(O)O. The van der Waals surface area contributed by atoms with Gasteiger partial charge in [-0.25, -0.2) is 9.45 Å². The van der Waals surface area contributed by atoms with Crippen molar-refractivity contribution in [3.63, 3.8) is 0 Å². The minimum absolute atomic E-state index is 0.417. The Morgan fingerprint density at radius 2 is 1.93 bits per heavy atom. The highest BCUT2D eigenvalue weighted by Gasteiger charge is 2.17. The first-order chi connectivity index (χ1) is 6.97. The Bertz CT molecular complexity index is 334. The molecule has 0 amide bonds. The smallest absolute Gasteiger partial charge is 0.301 e. The van der Waals surface area contributed by atoms with E-state index in [1.807, 2.05) is 30.3 Å². The molecule has 0 fully saturated rings. The van der Waals surface area contributed by atoms with Gasteiger partial charge in [0, 0.05) is 6.42 Å². The molecule has 0 radical (unpaired) electrons. The van der Waals surface area contributed by atoms with Crippen molar-refractivity contribution in [1.82, 2.24) is 0 Å². The van der Waals surface area contributed by atoms with Gasteiger partial charge in [0.2, 0.25) is 0 Å². The van der Waals surface area contributed by atoms with Gasteiger partial charge in [-0.3, -0.25) is 0 Å². The van der Waals surface area contributed by atoms with Crippen molar-refractivity contribution in [3.8, 4) is 0 Å². The normalized spacial score (nSPS) is 13.8. The summed E-state index contributed by atoms with van der Waals surface area (Å²) < 4.78 is 14.3. The second-order valence-electron chi connectivity index (χ2n) is 3.16. The van der Waals surface area contributed by atoms with Crippen LogP contribution in [0.1, 0.15) is 12.5 Å². The van der Waals surface area contributed by atoms with Crippen molar-refractivity contribution in [2.45, 2.75) is 19.4 Å². The molecule has 6 heteroatoms. The molecule has 0 aromatic heterocycles. The average molecular weight is 232 g/mol. The van der Waals surface area contributed by atoms with Crippen molar-refractivity contribution in [3.05, 3.63) is 35.9 Å². The molecule has 1 unspecified atom stereocenters. The Labute approximate surface area is 87.8 Å². The Hall–Kier alpha value is -0.710. The van der Waals surface area contributed by atoms with Gasteiger partial charge in [0.05, 0.1) is 6.10 Å². The lowest BCUT2D eigenvalue weighted by molar-refractivity contribution is -0.252. The van der Waals surface area contributed by atoms with Crippen LogP contribution in [0.2, 0.25) is 0 Å². The first-order valence-corrected chi connectivity index (χ1v) is 5.95. The molecule has 1 atom stereocenters. The molecular formula is C9H13O5P. The summed E-state index contributed by atoms with van der Waals surface area (Å²) in [5.41, 5.74) is 1.01. The first kappa shape index (κ1) is 12.4. The zero-order valence-electron chi connectivity index (χ0n) is 8.24. The summed E-state index contributed by atoms with van der Waals surface area (Å²) >= 11 is 0. The molecule has 0 saturated heterocycles. The largest absolute Gasteiger partial charge is 0.496 e. The third kappa shape index (κ3) is 5.67. The summed E-state index contributed by atoms with van der Waals surface area (Å²) in [5.74, 6) is 0. The van der Waals surface area contributed by atoms with Crippen molar-refractivity contribution in [1.29, 1.82) is 0 Å². The molecule has 0 saturated carbocycles. The van der Waals surface area contributed by atoms with Crippen LogP contribution in [0.3, 0.4) is 0 Å². The summed E-state index contributed by atoms with van der Waals surface area (Å²) in [6.07, 6.45) is 0.112. The standard InChI is InChI=1S/C9H13O5P/c1-8(13-14-15(10,11)12)7-9-5-3-2-4-6-9/h2-6,8H,7H2,1H3,(H2,10,11,12). The molecule has 15 heavy (non-hydrogen) atoms. The maximum absolute atomic E-state index is 10.3. The first-order valence-electron chi connectivity index (χ1n) is 4.42. The Morgan fingerprint density at radius 1 is 1.33 bits per heavy atom. The molecule has 0 spiro atoms. The summed E-state index contributed by atoms with van der Waals surface area (Å²) in [7, 11) is -4.55. The van der Waals surface area contributed by atoms with Crippen LogP contribution in [0, 0.1) is 0 Å². The van der Waals surface area contributed by atoms with E-state index >= 15 is 0 Å². The number of rotatable bonds is 5. The summed E-state index contributed by atoms with van der Waals surface area (Å²) in [5, 5.41) is 0. The van der Waals surface area contributed by atoms with Gasteiger partial charge in [0.1, 0.15) is 0 Å². The third-order valence-electron chi connectivity index (χ3n) is 1.67.